The Morgan fingerprint density at radius 3 is 3.05 bits per heavy atom. The summed E-state index contributed by atoms with van der Waals surface area (Å²) in [7, 11) is 0. The lowest BCUT2D eigenvalue weighted by Gasteiger charge is -2.19. The number of anilines is 3. The van der Waals surface area contributed by atoms with E-state index in [-0.39, 0.29) is 5.56 Å². The van der Waals surface area contributed by atoms with Gasteiger partial charge in [0.15, 0.2) is 0 Å². The summed E-state index contributed by atoms with van der Waals surface area (Å²) >= 11 is 0. The maximum absolute atomic E-state index is 11.4. The van der Waals surface area contributed by atoms with Crippen molar-refractivity contribution in [2.24, 2.45) is 0 Å². The Hall–Kier alpha value is -2.30. The van der Waals surface area contributed by atoms with Gasteiger partial charge in [-0.15, -0.1) is 0 Å². The fourth-order valence-corrected chi connectivity index (χ4v) is 2.34. The molecule has 5 heteroatoms. The van der Waals surface area contributed by atoms with Crippen LogP contribution in [0.1, 0.15) is 17.8 Å². The number of hydrogen-bond acceptors (Lipinski definition) is 4. The van der Waals surface area contributed by atoms with Gasteiger partial charge in [-0.1, -0.05) is 0 Å². The Balaban J connectivity index is 1.88. The molecule has 0 amide bonds. The van der Waals surface area contributed by atoms with Crippen molar-refractivity contribution in [3.05, 3.63) is 46.0 Å². The second kappa shape index (κ2) is 4.76. The minimum atomic E-state index is -0.144. The first-order chi connectivity index (χ1) is 9.20. The Morgan fingerprint density at radius 1 is 1.32 bits per heavy atom. The van der Waals surface area contributed by atoms with Crippen LogP contribution in [0.4, 0.5) is 17.2 Å². The Bertz CT molecular complexity index is 663. The second-order valence-electron chi connectivity index (χ2n) is 4.74. The second-order valence-corrected chi connectivity index (χ2v) is 4.74. The largest absolute Gasteiger partial charge is 0.385 e. The van der Waals surface area contributed by atoms with Gasteiger partial charge in [-0.05, 0) is 43.5 Å². The molecule has 0 saturated carbocycles. The van der Waals surface area contributed by atoms with Gasteiger partial charge in [0.25, 0.3) is 5.56 Å². The Labute approximate surface area is 111 Å². The van der Waals surface area contributed by atoms with Gasteiger partial charge in [-0.3, -0.25) is 4.79 Å². The molecular formula is C14H16N4O. The summed E-state index contributed by atoms with van der Waals surface area (Å²) in [5.41, 5.74) is 3.32. The molecule has 98 valence electrons. The summed E-state index contributed by atoms with van der Waals surface area (Å²) in [6.45, 7) is 2.80. The lowest BCUT2D eigenvalue weighted by molar-refractivity contribution is 0.830. The maximum atomic E-state index is 11.4. The van der Waals surface area contributed by atoms with Crippen molar-refractivity contribution in [2.45, 2.75) is 19.8 Å². The first-order valence-electron chi connectivity index (χ1n) is 6.42. The van der Waals surface area contributed by atoms with Gasteiger partial charge >= 0.3 is 0 Å². The van der Waals surface area contributed by atoms with Crippen LogP contribution in [0.25, 0.3) is 0 Å². The summed E-state index contributed by atoms with van der Waals surface area (Å²) in [5, 5.41) is 6.55. The van der Waals surface area contributed by atoms with Gasteiger partial charge in [0.1, 0.15) is 11.6 Å². The molecule has 2 heterocycles. The smallest absolute Gasteiger partial charge is 0.252 e. The molecule has 0 atom stereocenters. The average molecular weight is 256 g/mol. The molecule has 2 aromatic rings. The molecule has 1 aromatic carbocycles. The molecule has 0 fully saturated rings. The number of nitrogens with one attached hydrogen (secondary N) is 3. The predicted octanol–water partition coefficient (Wildman–Crippen LogP) is 2.18. The first-order valence-corrected chi connectivity index (χ1v) is 6.42. The third kappa shape index (κ3) is 2.59. The van der Waals surface area contributed by atoms with Crippen molar-refractivity contribution in [1.82, 2.24) is 9.97 Å². The summed E-state index contributed by atoms with van der Waals surface area (Å²) in [4.78, 5) is 18.3. The van der Waals surface area contributed by atoms with Crippen molar-refractivity contribution < 1.29 is 0 Å². The number of aromatic amines is 1. The van der Waals surface area contributed by atoms with Gasteiger partial charge in [-0.25, -0.2) is 4.98 Å². The molecule has 0 bridgehead atoms. The van der Waals surface area contributed by atoms with Crippen LogP contribution in [0.2, 0.25) is 0 Å². The van der Waals surface area contributed by atoms with E-state index in [4.69, 9.17) is 0 Å². The van der Waals surface area contributed by atoms with Crippen LogP contribution in [0.3, 0.4) is 0 Å². The quantitative estimate of drug-likeness (QED) is 0.770. The highest BCUT2D eigenvalue weighted by atomic mass is 16.1. The van der Waals surface area contributed by atoms with Crippen LogP contribution in [-0.4, -0.2) is 16.5 Å². The number of aromatic nitrogens is 2. The van der Waals surface area contributed by atoms with Crippen LogP contribution in [0.5, 0.6) is 0 Å². The van der Waals surface area contributed by atoms with Gasteiger partial charge in [-0.2, -0.15) is 0 Å². The van der Waals surface area contributed by atoms with Crippen LogP contribution in [0.15, 0.2) is 29.1 Å². The predicted molar refractivity (Wildman–Crippen MR) is 76.1 cm³/mol. The van der Waals surface area contributed by atoms with Gasteiger partial charge in [0, 0.05) is 24.0 Å². The van der Waals surface area contributed by atoms with Crippen LogP contribution < -0.4 is 16.2 Å². The van der Waals surface area contributed by atoms with E-state index in [1.807, 2.05) is 6.07 Å². The summed E-state index contributed by atoms with van der Waals surface area (Å²) < 4.78 is 0. The molecule has 0 spiro atoms. The number of rotatable bonds is 2. The fraction of sp³-hybridized carbons (Fsp3) is 0.286. The zero-order valence-electron chi connectivity index (χ0n) is 10.8. The van der Waals surface area contributed by atoms with E-state index >= 15 is 0 Å². The van der Waals surface area contributed by atoms with E-state index in [2.05, 4.69) is 32.7 Å². The number of H-pyrrole nitrogens is 1. The minimum Gasteiger partial charge on any atom is -0.385 e. The first kappa shape index (κ1) is 11.8. The van der Waals surface area contributed by atoms with Gasteiger partial charge in [0.2, 0.25) is 0 Å². The van der Waals surface area contributed by atoms with Crippen molar-refractivity contribution in [3.63, 3.8) is 0 Å². The Kier molecular flexibility index (Phi) is 2.95. The number of benzene rings is 1. The van der Waals surface area contributed by atoms with Crippen molar-refractivity contribution in [2.75, 3.05) is 17.2 Å². The molecule has 0 aliphatic carbocycles. The molecule has 1 aromatic heterocycles. The van der Waals surface area contributed by atoms with Gasteiger partial charge in [0.05, 0.1) is 0 Å². The lowest BCUT2D eigenvalue weighted by Crippen LogP contribution is -2.12. The summed E-state index contributed by atoms with van der Waals surface area (Å²) in [5.74, 6) is 1.18. The zero-order valence-corrected chi connectivity index (χ0v) is 10.8. The van der Waals surface area contributed by atoms with E-state index in [9.17, 15) is 4.79 Å². The normalized spacial score (nSPS) is 13.5. The van der Waals surface area contributed by atoms with Crippen molar-refractivity contribution in [1.29, 1.82) is 0 Å². The highest BCUT2D eigenvalue weighted by Crippen LogP contribution is 2.26. The van der Waals surface area contributed by atoms with E-state index in [1.165, 1.54) is 17.3 Å². The van der Waals surface area contributed by atoms with Crippen molar-refractivity contribution in [3.8, 4) is 0 Å². The SMILES string of the molecule is Cc1nc(Nc2ccc3c(c2)CCCN3)cc(=O)[nH]1. The number of hydrogen-bond donors (Lipinski definition) is 3. The average Bonchev–Trinajstić information content (AvgIpc) is 2.37. The molecular weight excluding hydrogens is 240 g/mol. The van der Waals surface area contributed by atoms with Crippen LogP contribution in [0, 0.1) is 6.92 Å². The van der Waals surface area contributed by atoms with E-state index in [1.54, 1.807) is 6.92 Å². The van der Waals surface area contributed by atoms with Crippen LogP contribution >= 0.6 is 0 Å². The van der Waals surface area contributed by atoms with Crippen molar-refractivity contribution >= 4 is 17.2 Å². The van der Waals surface area contributed by atoms with E-state index in [0.717, 1.165) is 25.1 Å². The molecule has 19 heavy (non-hydrogen) atoms. The molecule has 0 unspecified atom stereocenters. The summed E-state index contributed by atoms with van der Waals surface area (Å²) in [6, 6.07) is 7.64. The van der Waals surface area contributed by atoms with Crippen LogP contribution in [-0.2, 0) is 6.42 Å². The lowest BCUT2D eigenvalue weighted by atomic mass is 10.0. The summed E-state index contributed by atoms with van der Waals surface area (Å²) in [6.07, 6.45) is 2.23. The molecule has 1 aliphatic heterocycles. The molecule has 3 rings (SSSR count). The number of aryl methyl sites for hydroxylation is 2. The van der Waals surface area contributed by atoms with Gasteiger partial charge < -0.3 is 15.6 Å². The molecule has 5 nitrogen and oxygen atoms in total. The molecule has 0 saturated heterocycles. The number of nitrogens with zero attached hydrogens (tertiary/aromatic N) is 1. The molecule has 3 N–H and O–H groups in total. The minimum absolute atomic E-state index is 0.144. The highest BCUT2D eigenvalue weighted by Gasteiger charge is 2.09. The zero-order chi connectivity index (χ0) is 13.2. The standard InChI is InChI=1S/C14H16N4O/c1-9-16-13(8-14(19)17-9)18-11-4-5-12-10(7-11)3-2-6-15-12/h4-5,7-8,15H,2-3,6H2,1H3,(H2,16,17,18,19). The highest BCUT2D eigenvalue weighted by molar-refractivity contribution is 5.64. The third-order valence-electron chi connectivity index (χ3n) is 3.18. The fourth-order valence-electron chi connectivity index (χ4n) is 2.34. The van der Waals surface area contributed by atoms with E-state index < -0.39 is 0 Å². The number of fused-ring (bicyclic) bond motifs is 1. The topological polar surface area (TPSA) is 69.8 Å². The third-order valence-corrected chi connectivity index (χ3v) is 3.18. The Morgan fingerprint density at radius 2 is 2.21 bits per heavy atom. The van der Waals surface area contributed by atoms with E-state index in [0.29, 0.717) is 11.6 Å². The monoisotopic (exact) mass is 256 g/mol. The molecule has 0 radical (unpaired) electrons. The molecule has 1 aliphatic rings. The maximum Gasteiger partial charge on any atom is 0.252 e.